The molecule has 2 aromatic rings. The summed E-state index contributed by atoms with van der Waals surface area (Å²) >= 11 is 6.24. The Morgan fingerprint density at radius 2 is 1.90 bits per heavy atom. The Hall–Kier alpha value is -2.09. The van der Waals surface area contributed by atoms with Crippen LogP contribution in [-0.2, 0) is 14.8 Å². The number of carbonyl (C=O) groups excluding carboxylic acids is 1. The average molecular weight is 451 g/mol. The second kappa shape index (κ2) is 9.37. The molecule has 0 aromatic heterocycles. The van der Waals surface area contributed by atoms with Gasteiger partial charge in [-0.15, -0.1) is 0 Å². The molecule has 2 aromatic carbocycles. The highest BCUT2D eigenvalue weighted by Crippen LogP contribution is 2.30. The minimum absolute atomic E-state index is 0.132. The van der Waals surface area contributed by atoms with E-state index in [2.05, 4.69) is 19.2 Å². The number of anilines is 1. The monoisotopic (exact) mass is 450 g/mol. The number of sulfonamides is 1. The summed E-state index contributed by atoms with van der Waals surface area (Å²) < 4.78 is 32.3. The lowest BCUT2D eigenvalue weighted by molar-refractivity contribution is -0.118. The summed E-state index contributed by atoms with van der Waals surface area (Å²) in [4.78, 5) is 12.6. The lowest BCUT2D eigenvalue weighted by atomic mass is 9.98. The van der Waals surface area contributed by atoms with Crippen LogP contribution in [-0.4, -0.2) is 38.3 Å². The summed E-state index contributed by atoms with van der Waals surface area (Å²) in [5.74, 6) is 0.220. The van der Waals surface area contributed by atoms with Crippen LogP contribution in [0.25, 0.3) is 0 Å². The molecule has 1 aliphatic heterocycles. The first-order valence-corrected chi connectivity index (χ1v) is 11.8. The van der Waals surface area contributed by atoms with E-state index in [1.54, 1.807) is 0 Å². The van der Waals surface area contributed by atoms with Crippen LogP contribution in [0.2, 0.25) is 5.02 Å². The van der Waals surface area contributed by atoms with Crippen LogP contribution < -0.4 is 10.1 Å². The normalized spacial score (nSPS) is 14.8. The number of nitrogens with one attached hydrogen (secondary N) is 1. The molecule has 3 rings (SSSR count). The molecule has 1 fully saturated rings. The molecule has 162 valence electrons. The van der Waals surface area contributed by atoms with E-state index in [1.165, 1.54) is 22.5 Å². The van der Waals surface area contributed by atoms with Crippen molar-refractivity contribution in [2.45, 2.75) is 44.4 Å². The van der Waals surface area contributed by atoms with Crippen molar-refractivity contribution in [3.05, 3.63) is 52.5 Å². The van der Waals surface area contributed by atoms with Gasteiger partial charge < -0.3 is 10.1 Å². The molecule has 8 heteroatoms. The SMILES string of the molecule is Cc1cccc(C(C)C)c1NC(=O)COc1ccc(S(=O)(=O)N2CCCC2)cc1Cl. The van der Waals surface area contributed by atoms with Crippen LogP contribution in [0.5, 0.6) is 5.75 Å². The molecule has 0 saturated carbocycles. The molecule has 0 radical (unpaired) electrons. The van der Waals surface area contributed by atoms with E-state index in [4.69, 9.17) is 16.3 Å². The highest BCUT2D eigenvalue weighted by molar-refractivity contribution is 7.89. The van der Waals surface area contributed by atoms with Gasteiger partial charge in [-0.05, 0) is 55.0 Å². The zero-order chi connectivity index (χ0) is 21.9. The number of nitrogens with zero attached hydrogens (tertiary/aromatic N) is 1. The maximum atomic E-state index is 12.6. The molecule has 30 heavy (non-hydrogen) atoms. The molecule has 1 heterocycles. The van der Waals surface area contributed by atoms with Crippen molar-refractivity contribution in [3.8, 4) is 5.75 Å². The van der Waals surface area contributed by atoms with Crippen molar-refractivity contribution in [1.29, 1.82) is 0 Å². The molecule has 0 bridgehead atoms. The van der Waals surface area contributed by atoms with E-state index in [0.717, 1.165) is 29.7 Å². The second-order valence-corrected chi connectivity index (χ2v) is 10.1. The number of hydrogen-bond acceptors (Lipinski definition) is 4. The van der Waals surface area contributed by atoms with E-state index in [1.807, 2.05) is 25.1 Å². The maximum Gasteiger partial charge on any atom is 0.262 e. The standard InChI is InChI=1S/C22H27ClN2O4S/c1-15(2)18-8-6-7-16(3)22(18)24-21(26)14-29-20-10-9-17(13-19(20)23)30(27,28)25-11-4-5-12-25/h6-10,13,15H,4-5,11-12,14H2,1-3H3,(H,24,26). The van der Waals surface area contributed by atoms with Crippen molar-refractivity contribution in [2.24, 2.45) is 0 Å². The summed E-state index contributed by atoms with van der Waals surface area (Å²) in [6.45, 7) is 6.89. The molecule has 0 atom stereocenters. The summed E-state index contributed by atoms with van der Waals surface area (Å²) in [6, 6.07) is 10.2. The fourth-order valence-corrected chi connectivity index (χ4v) is 5.34. The number of halogens is 1. The smallest absolute Gasteiger partial charge is 0.262 e. The van der Waals surface area contributed by atoms with Crippen molar-refractivity contribution in [2.75, 3.05) is 25.0 Å². The fraction of sp³-hybridized carbons (Fsp3) is 0.409. The maximum absolute atomic E-state index is 12.6. The molecule has 0 unspecified atom stereocenters. The van der Waals surface area contributed by atoms with E-state index in [0.29, 0.717) is 13.1 Å². The Balaban J connectivity index is 1.67. The van der Waals surface area contributed by atoms with Crippen LogP contribution in [0.4, 0.5) is 5.69 Å². The number of ether oxygens (including phenoxy) is 1. The van der Waals surface area contributed by atoms with Crippen molar-refractivity contribution in [1.82, 2.24) is 4.31 Å². The van der Waals surface area contributed by atoms with Crippen LogP contribution in [0, 0.1) is 6.92 Å². The van der Waals surface area contributed by atoms with Gasteiger partial charge in [0, 0.05) is 18.8 Å². The predicted molar refractivity (Wildman–Crippen MR) is 119 cm³/mol. The van der Waals surface area contributed by atoms with Gasteiger partial charge in [0.25, 0.3) is 5.91 Å². The molecule has 0 aliphatic carbocycles. The zero-order valence-electron chi connectivity index (χ0n) is 17.4. The van der Waals surface area contributed by atoms with Gasteiger partial charge in [-0.3, -0.25) is 4.79 Å². The number of carbonyl (C=O) groups is 1. The Morgan fingerprint density at radius 1 is 1.20 bits per heavy atom. The van der Waals surface area contributed by atoms with Gasteiger partial charge in [0.05, 0.1) is 9.92 Å². The van der Waals surface area contributed by atoms with Gasteiger partial charge in [0.1, 0.15) is 5.75 Å². The van der Waals surface area contributed by atoms with Gasteiger partial charge >= 0.3 is 0 Å². The van der Waals surface area contributed by atoms with Crippen LogP contribution in [0.3, 0.4) is 0 Å². The Morgan fingerprint density at radius 3 is 2.53 bits per heavy atom. The van der Waals surface area contributed by atoms with Gasteiger partial charge in [-0.2, -0.15) is 4.31 Å². The third-order valence-corrected chi connectivity index (χ3v) is 7.35. The quantitative estimate of drug-likeness (QED) is 0.670. The highest BCUT2D eigenvalue weighted by Gasteiger charge is 2.27. The topological polar surface area (TPSA) is 75.7 Å². The molecule has 1 amide bonds. The Labute approximate surface area is 183 Å². The first-order chi connectivity index (χ1) is 14.2. The van der Waals surface area contributed by atoms with Gasteiger partial charge in [0.15, 0.2) is 6.61 Å². The molecule has 1 saturated heterocycles. The molecule has 6 nitrogen and oxygen atoms in total. The summed E-state index contributed by atoms with van der Waals surface area (Å²) in [5.41, 5.74) is 2.82. The van der Waals surface area contributed by atoms with Crippen LogP contribution >= 0.6 is 11.6 Å². The van der Waals surface area contributed by atoms with E-state index in [-0.39, 0.29) is 34.1 Å². The zero-order valence-corrected chi connectivity index (χ0v) is 19.0. The van der Waals surface area contributed by atoms with Crippen LogP contribution in [0.1, 0.15) is 43.7 Å². The first kappa shape index (κ1) is 22.6. The predicted octanol–water partition coefficient (Wildman–Crippen LogP) is 4.57. The lowest BCUT2D eigenvalue weighted by Crippen LogP contribution is -2.27. The highest BCUT2D eigenvalue weighted by atomic mass is 35.5. The van der Waals surface area contributed by atoms with E-state index < -0.39 is 10.0 Å². The summed E-state index contributed by atoms with van der Waals surface area (Å²) in [6.07, 6.45) is 1.73. The number of hydrogen-bond donors (Lipinski definition) is 1. The number of benzene rings is 2. The molecular formula is C22H27ClN2O4S. The largest absolute Gasteiger partial charge is 0.482 e. The minimum atomic E-state index is -3.55. The number of para-hydroxylation sites is 1. The second-order valence-electron chi connectivity index (χ2n) is 7.73. The number of aryl methyl sites for hydroxylation is 1. The molecule has 1 N–H and O–H groups in total. The van der Waals surface area contributed by atoms with Crippen molar-refractivity contribution >= 4 is 33.2 Å². The summed E-state index contributed by atoms with van der Waals surface area (Å²) in [5, 5.41) is 3.07. The lowest BCUT2D eigenvalue weighted by Gasteiger charge is -2.17. The van der Waals surface area contributed by atoms with Crippen molar-refractivity contribution in [3.63, 3.8) is 0 Å². The number of amides is 1. The fourth-order valence-electron chi connectivity index (χ4n) is 3.50. The molecular weight excluding hydrogens is 424 g/mol. The minimum Gasteiger partial charge on any atom is -0.482 e. The first-order valence-electron chi connectivity index (χ1n) is 10.0. The average Bonchev–Trinajstić information content (AvgIpc) is 3.24. The number of rotatable bonds is 7. The Bertz CT molecular complexity index is 1030. The molecule has 1 aliphatic rings. The van der Waals surface area contributed by atoms with E-state index >= 15 is 0 Å². The Kier molecular flexibility index (Phi) is 7.06. The summed E-state index contributed by atoms with van der Waals surface area (Å²) in [7, 11) is -3.55. The van der Waals surface area contributed by atoms with Gasteiger partial charge in [-0.1, -0.05) is 43.6 Å². The van der Waals surface area contributed by atoms with Crippen LogP contribution in [0.15, 0.2) is 41.3 Å². The van der Waals surface area contributed by atoms with E-state index in [9.17, 15) is 13.2 Å². The van der Waals surface area contributed by atoms with Crippen molar-refractivity contribution < 1.29 is 17.9 Å². The third-order valence-electron chi connectivity index (χ3n) is 5.16. The third kappa shape index (κ3) is 4.96. The van der Waals surface area contributed by atoms with Gasteiger partial charge in [0.2, 0.25) is 10.0 Å². The van der Waals surface area contributed by atoms with Gasteiger partial charge in [-0.25, -0.2) is 8.42 Å². The molecule has 0 spiro atoms.